The first-order valence-electron chi connectivity index (χ1n) is 13.3. The Labute approximate surface area is 237 Å². The molecule has 1 aliphatic heterocycles. The number of aliphatic hydroxyl groups excluding tert-OH is 2. The molecular formula is C25H36ClN5O8S. The van der Waals surface area contributed by atoms with Crippen LogP contribution in [0.15, 0.2) is 16.3 Å². The van der Waals surface area contributed by atoms with Gasteiger partial charge in [0.2, 0.25) is 5.29 Å². The topological polar surface area (TPSA) is 185 Å². The van der Waals surface area contributed by atoms with Gasteiger partial charge in [0.05, 0.1) is 12.0 Å². The van der Waals surface area contributed by atoms with Crippen molar-refractivity contribution in [3.05, 3.63) is 12.0 Å². The number of rotatable bonds is 9. The van der Waals surface area contributed by atoms with E-state index in [0.717, 1.165) is 19.3 Å². The van der Waals surface area contributed by atoms with E-state index in [4.69, 9.17) is 25.6 Å². The summed E-state index contributed by atoms with van der Waals surface area (Å²) in [6.07, 6.45) is 3.18. The zero-order valence-corrected chi connectivity index (χ0v) is 24.1. The number of aliphatic imine (C=N–C) groups is 2. The van der Waals surface area contributed by atoms with Crippen molar-refractivity contribution in [3.8, 4) is 0 Å². The second-order valence-electron chi connectivity index (χ2n) is 12.7. The van der Waals surface area contributed by atoms with Crippen molar-refractivity contribution in [1.29, 1.82) is 0 Å². The molecule has 2 unspecified atom stereocenters. The van der Waals surface area contributed by atoms with Crippen LogP contribution in [0.25, 0.3) is 0 Å². The molecule has 6 rings (SSSR count). The van der Waals surface area contributed by atoms with Crippen molar-refractivity contribution in [2.24, 2.45) is 26.7 Å². The van der Waals surface area contributed by atoms with Gasteiger partial charge in [0, 0.05) is 12.1 Å². The lowest BCUT2D eigenvalue weighted by molar-refractivity contribution is -0.147. The van der Waals surface area contributed by atoms with Gasteiger partial charge in [-0.05, 0) is 73.6 Å². The molecule has 4 aliphatic carbocycles. The maximum absolute atomic E-state index is 11.7. The number of nitrogens with one attached hydrogen (secondary N) is 1. The van der Waals surface area contributed by atoms with E-state index >= 15 is 0 Å². The number of carbonyl (C=O) groups is 1. The SMILES string of the molecule is C=N/C(Cl)=N\c1c(CN[C@@]23C[C@@H]4C[C@@](C)(C[C@@](C)(C4)C2)C3)ncn1[C@@H]1O[C@H](COC(=O)CS(=O)(=O)O)C(O)C1O. The second-order valence-corrected chi connectivity index (χ2v) is 14.5. The van der Waals surface area contributed by atoms with E-state index < -0.39 is 53.0 Å². The van der Waals surface area contributed by atoms with Gasteiger partial charge in [-0.3, -0.25) is 13.9 Å². The van der Waals surface area contributed by atoms with E-state index in [1.807, 2.05) is 0 Å². The fourth-order valence-electron chi connectivity index (χ4n) is 8.33. The van der Waals surface area contributed by atoms with Crippen molar-refractivity contribution >= 4 is 45.5 Å². The molecule has 1 aromatic rings. The summed E-state index contributed by atoms with van der Waals surface area (Å²) >= 11 is 6.11. The van der Waals surface area contributed by atoms with Crippen LogP contribution >= 0.6 is 11.6 Å². The number of nitrogens with zero attached hydrogens (tertiary/aromatic N) is 4. The highest BCUT2D eigenvalue weighted by Crippen LogP contribution is 2.66. The van der Waals surface area contributed by atoms with E-state index in [0.29, 0.717) is 29.0 Å². The zero-order chi connectivity index (χ0) is 29.1. The molecule has 0 spiro atoms. The number of halogens is 1. The van der Waals surface area contributed by atoms with Crippen LogP contribution in [0.3, 0.4) is 0 Å². The number of aliphatic hydroxyl groups is 2. The zero-order valence-electron chi connectivity index (χ0n) is 22.5. The molecule has 5 fully saturated rings. The Morgan fingerprint density at radius 1 is 1.25 bits per heavy atom. The Balaban J connectivity index is 1.34. The summed E-state index contributed by atoms with van der Waals surface area (Å²) in [5.74, 6) is -1.52. The normalized spacial score (nSPS) is 39.0. The molecule has 1 aromatic heterocycles. The highest BCUT2D eigenvalue weighted by atomic mass is 35.5. The molecule has 15 heteroatoms. The predicted molar refractivity (Wildman–Crippen MR) is 145 cm³/mol. The van der Waals surface area contributed by atoms with Crippen LogP contribution in [0.4, 0.5) is 5.82 Å². The molecule has 4 bridgehead atoms. The number of amidine groups is 1. The minimum Gasteiger partial charge on any atom is -0.462 e. The molecule has 0 radical (unpaired) electrons. The number of carbonyl (C=O) groups excluding carboxylic acids is 1. The van der Waals surface area contributed by atoms with Gasteiger partial charge in [-0.25, -0.2) is 9.98 Å². The van der Waals surface area contributed by atoms with Gasteiger partial charge in [-0.1, -0.05) is 13.8 Å². The summed E-state index contributed by atoms with van der Waals surface area (Å²) < 4.78 is 42.6. The predicted octanol–water partition coefficient (Wildman–Crippen LogP) is 1.70. The summed E-state index contributed by atoms with van der Waals surface area (Å²) in [4.78, 5) is 24.2. The molecule has 8 atom stereocenters. The standard InChI is InChI=1S/C25H36ClN5O8S/c1-23-4-14-5-24(2,10-23)12-25(6-14,11-23)29-7-15-20(30-22(26)27-3)31(13-28-15)21-19(34)18(33)16(39-21)8-38-17(32)9-40(35,36)37/h13-14,16,18-19,21,29,33-34H,3-12H2,1-2H3,(H,35,36,37)/b30-22-/t14-,16-,18?,19?,21-,23+,24-,25-/m1/s1. The lowest BCUT2D eigenvalue weighted by Crippen LogP contribution is -2.63. The van der Waals surface area contributed by atoms with Crippen molar-refractivity contribution in [3.63, 3.8) is 0 Å². The monoisotopic (exact) mass is 601 g/mol. The molecule has 4 saturated carbocycles. The van der Waals surface area contributed by atoms with E-state index in [2.05, 4.69) is 40.9 Å². The minimum atomic E-state index is -4.58. The van der Waals surface area contributed by atoms with Crippen LogP contribution in [0.2, 0.25) is 0 Å². The fraction of sp³-hybridized carbons (Fsp3) is 0.760. The lowest BCUT2D eigenvalue weighted by Gasteiger charge is -2.65. The third kappa shape index (κ3) is 5.98. The van der Waals surface area contributed by atoms with Gasteiger partial charge in [-0.2, -0.15) is 13.4 Å². The maximum Gasteiger partial charge on any atom is 0.323 e. The van der Waals surface area contributed by atoms with Gasteiger partial charge in [-0.15, -0.1) is 0 Å². The van der Waals surface area contributed by atoms with E-state index in [1.165, 1.54) is 30.2 Å². The highest BCUT2D eigenvalue weighted by molar-refractivity contribution is 7.86. The van der Waals surface area contributed by atoms with Crippen molar-refractivity contribution in [2.45, 2.75) is 89.0 Å². The summed E-state index contributed by atoms with van der Waals surface area (Å²) in [7, 11) is -4.58. The van der Waals surface area contributed by atoms with Crippen LogP contribution < -0.4 is 5.32 Å². The Morgan fingerprint density at radius 3 is 2.52 bits per heavy atom. The molecule has 0 aromatic carbocycles. The first-order chi connectivity index (χ1) is 18.6. The van der Waals surface area contributed by atoms with E-state index in [9.17, 15) is 23.4 Å². The van der Waals surface area contributed by atoms with Crippen LogP contribution in [0, 0.1) is 16.7 Å². The molecule has 40 heavy (non-hydrogen) atoms. The number of hydrogen-bond acceptors (Lipinski definition) is 10. The van der Waals surface area contributed by atoms with Crippen molar-refractivity contribution in [1.82, 2.24) is 14.9 Å². The van der Waals surface area contributed by atoms with Gasteiger partial charge in [0.1, 0.15) is 24.9 Å². The van der Waals surface area contributed by atoms with Crippen LogP contribution in [0.5, 0.6) is 0 Å². The maximum atomic E-state index is 11.7. The molecule has 2 heterocycles. The Kier molecular flexibility index (Phi) is 7.69. The van der Waals surface area contributed by atoms with Crippen molar-refractivity contribution in [2.75, 3.05) is 12.4 Å². The smallest absolute Gasteiger partial charge is 0.323 e. The molecule has 1 saturated heterocycles. The Hall–Kier alpha value is -1.94. The summed E-state index contributed by atoms with van der Waals surface area (Å²) in [5.41, 5.74) is 1.16. The third-order valence-electron chi connectivity index (χ3n) is 8.75. The van der Waals surface area contributed by atoms with Crippen LogP contribution in [-0.4, -0.2) is 86.9 Å². The van der Waals surface area contributed by atoms with Crippen LogP contribution in [-0.2, 0) is 30.9 Å². The van der Waals surface area contributed by atoms with Crippen molar-refractivity contribution < 1.29 is 37.5 Å². The number of imidazole rings is 1. The molecule has 0 amide bonds. The second kappa shape index (κ2) is 10.4. The molecule has 13 nitrogen and oxygen atoms in total. The van der Waals surface area contributed by atoms with Gasteiger partial charge in [0.25, 0.3) is 10.1 Å². The minimum absolute atomic E-state index is 0.00918. The summed E-state index contributed by atoms with van der Waals surface area (Å²) in [6.45, 7) is 8.02. The first kappa shape index (κ1) is 29.5. The Morgan fingerprint density at radius 2 is 1.93 bits per heavy atom. The molecule has 5 aliphatic rings. The van der Waals surface area contributed by atoms with E-state index in [-0.39, 0.29) is 16.7 Å². The molecule has 222 valence electrons. The van der Waals surface area contributed by atoms with E-state index in [1.54, 1.807) is 0 Å². The van der Waals surface area contributed by atoms with Crippen LogP contribution in [0.1, 0.15) is 64.3 Å². The van der Waals surface area contributed by atoms with Gasteiger partial charge >= 0.3 is 5.97 Å². The largest absolute Gasteiger partial charge is 0.462 e. The summed E-state index contributed by atoms with van der Waals surface area (Å²) in [6, 6.07) is 0. The Bertz CT molecular complexity index is 1300. The average Bonchev–Trinajstić information content (AvgIpc) is 3.33. The number of esters is 1. The van der Waals surface area contributed by atoms with Gasteiger partial charge < -0.3 is 25.0 Å². The first-order valence-corrected chi connectivity index (χ1v) is 15.2. The summed E-state index contributed by atoms with van der Waals surface area (Å²) in [5, 5.41) is 24.9. The number of hydrogen-bond donors (Lipinski definition) is 4. The fourth-order valence-corrected chi connectivity index (χ4v) is 8.79. The molecule has 4 N–H and O–H groups in total. The lowest BCUT2D eigenvalue weighted by atomic mass is 9.43. The number of ether oxygens (including phenoxy) is 2. The number of aromatic nitrogens is 2. The average molecular weight is 602 g/mol. The molecular weight excluding hydrogens is 566 g/mol. The van der Waals surface area contributed by atoms with Gasteiger partial charge in [0.15, 0.2) is 17.8 Å². The third-order valence-corrected chi connectivity index (χ3v) is 9.55. The highest BCUT2D eigenvalue weighted by Gasteiger charge is 2.60. The quantitative estimate of drug-likeness (QED) is 0.107.